The van der Waals surface area contributed by atoms with E-state index in [4.69, 9.17) is 11.6 Å². The highest BCUT2D eigenvalue weighted by Crippen LogP contribution is 2.20. The van der Waals surface area contributed by atoms with Gasteiger partial charge in [-0.05, 0) is 18.6 Å². The van der Waals surface area contributed by atoms with Gasteiger partial charge in [-0.25, -0.2) is 0 Å². The summed E-state index contributed by atoms with van der Waals surface area (Å²) < 4.78 is 0. The van der Waals surface area contributed by atoms with Crippen LogP contribution >= 0.6 is 11.6 Å². The smallest absolute Gasteiger partial charge is 0.244 e. The van der Waals surface area contributed by atoms with E-state index >= 15 is 0 Å². The van der Waals surface area contributed by atoms with Crippen LogP contribution in [-0.4, -0.2) is 30.3 Å². The average molecular weight is 269 g/mol. The second-order valence-corrected chi connectivity index (χ2v) is 4.44. The van der Waals surface area contributed by atoms with Crippen molar-refractivity contribution in [1.29, 1.82) is 0 Å². The number of amides is 2. The van der Waals surface area contributed by atoms with E-state index in [1.54, 1.807) is 31.3 Å². The molecular weight excluding hydrogens is 252 g/mol. The van der Waals surface area contributed by atoms with E-state index in [0.29, 0.717) is 17.1 Å². The van der Waals surface area contributed by atoms with Crippen LogP contribution in [0.5, 0.6) is 0 Å². The topological polar surface area (TPSA) is 49.4 Å². The van der Waals surface area contributed by atoms with Crippen LogP contribution in [0.1, 0.15) is 19.8 Å². The van der Waals surface area contributed by atoms with E-state index in [9.17, 15) is 9.59 Å². The second-order valence-electron chi connectivity index (χ2n) is 4.03. The minimum atomic E-state index is -0.255. The number of nitrogens with one attached hydrogen (secondary N) is 1. The highest BCUT2D eigenvalue weighted by molar-refractivity contribution is 6.33. The van der Waals surface area contributed by atoms with Gasteiger partial charge in [0.25, 0.3) is 0 Å². The Morgan fingerprint density at radius 1 is 1.33 bits per heavy atom. The van der Waals surface area contributed by atoms with Crippen molar-refractivity contribution in [1.82, 2.24) is 4.90 Å². The van der Waals surface area contributed by atoms with Gasteiger partial charge >= 0.3 is 0 Å². The minimum absolute atomic E-state index is 0.0318. The van der Waals surface area contributed by atoms with Crippen LogP contribution in [0.4, 0.5) is 5.69 Å². The molecule has 0 aromatic heterocycles. The number of likely N-dealkylation sites (N-methyl/N-ethyl adjacent to an activating group) is 1. The number of hydrogen-bond acceptors (Lipinski definition) is 2. The van der Waals surface area contributed by atoms with Gasteiger partial charge < -0.3 is 10.2 Å². The second kappa shape index (κ2) is 7.01. The third-order valence-corrected chi connectivity index (χ3v) is 2.75. The largest absolute Gasteiger partial charge is 0.336 e. The quantitative estimate of drug-likeness (QED) is 0.892. The summed E-state index contributed by atoms with van der Waals surface area (Å²) in [7, 11) is 1.62. The maximum atomic E-state index is 11.7. The first-order valence-corrected chi connectivity index (χ1v) is 6.20. The van der Waals surface area contributed by atoms with Crippen LogP contribution in [0.25, 0.3) is 0 Å². The van der Waals surface area contributed by atoms with Gasteiger partial charge in [-0.1, -0.05) is 30.7 Å². The van der Waals surface area contributed by atoms with Gasteiger partial charge in [-0.3, -0.25) is 9.59 Å². The Balaban J connectivity index is 2.52. The van der Waals surface area contributed by atoms with Crippen LogP contribution in [0.3, 0.4) is 0 Å². The SMILES string of the molecule is CCCC(=O)N(C)CC(=O)Nc1ccccc1Cl. The zero-order chi connectivity index (χ0) is 13.5. The number of benzene rings is 1. The Morgan fingerprint density at radius 3 is 2.61 bits per heavy atom. The Kier molecular flexibility index (Phi) is 5.65. The molecule has 4 nitrogen and oxygen atoms in total. The van der Waals surface area contributed by atoms with Crippen molar-refractivity contribution < 1.29 is 9.59 Å². The van der Waals surface area contributed by atoms with E-state index in [-0.39, 0.29) is 18.4 Å². The van der Waals surface area contributed by atoms with Crippen LogP contribution in [0.15, 0.2) is 24.3 Å². The summed E-state index contributed by atoms with van der Waals surface area (Å²) in [5.74, 6) is -0.290. The van der Waals surface area contributed by atoms with E-state index in [0.717, 1.165) is 6.42 Å². The molecule has 1 N–H and O–H groups in total. The molecule has 1 aromatic rings. The fraction of sp³-hybridized carbons (Fsp3) is 0.385. The first-order chi connectivity index (χ1) is 8.54. The number of carbonyl (C=O) groups is 2. The Bertz CT molecular complexity index is 435. The first kappa shape index (κ1) is 14.5. The van der Waals surface area contributed by atoms with Gasteiger partial charge in [0.1, 0.15) is 0 Å². The lowest BCUT2D eigenvalue weighted by Crippen LogP contribution is -2.34. The van der Waals surface area contributed by atoms with Crippen LogP contribution in [0.2, 0.25) is 5.02 Å². The predicted octanol–water partition coefficient (Wildman–Crippen LogP) is 2.54. The normalized spacial score (nSPS) is 9.94. The molecule has 0 unspecified atom stereocenters. The number of nitrogens with zero attached hydrogens (tertiary/aromatic N) is 1. The molecule has 0 spiro atoms. The lowest BCUT2D eigenvalue weighted by atomic mass is 10.3. The van der Waals surface area contributed by atoms with Crippen LogP contribution in [0, 0.1) is 0 Å². The monoisotopic (exact) mass is 268 g/mol. The van der Waals surface area contributed by atoms with Gasteiger partial charge in [-0.2, -0.15) is 0 Å². The lowest BCUT2D eigenvalue weighted by Gasteiger charge is -2.16. The standard InChI is InChI=1S/C13H17ClN2O2/c1-3-6-13(18)16(2)9-12(17)15-11-8-5-4-7-10(11)14/h4-5,7-8H,3,6,9H2,1-2H3,(H,15,17). The molecule has 98 valence electrons. The molecule has 0 aliphatic carbocycles. The molecule has 0 aliphatic rings. The summed E-state index contributed by atoms with van der Waals surface area (Å²) in [6.45, 7) is 1.96. The fourth-order valence-electron chi connectivity index (χ4n) is 1.46. The van der Waals surface area contributed by atoms with Gasteiger partial charge in [0.05, 0.1) is 17.3 Å². The number of hydrogen-bond donors (Lipinski definition) is 1. The summed E-state index contributed by atoms with van der Waals surface area (Å²) in [5, 5.41) is 3.15. The molecule has 1 rings (SSSR count). The zero-order valence-corrected chi connectivity index (χ0v) is 11.3. The van der Waals surface area contributed by atoms with Crippen molar-refractivity contribution in [2.75, 3.05) is 18.9 Å². The molecule has 18 heavy (non-hydrogen) atoms. The van der Waals surface area contributed by atoms with Crippen molar-refractivity contribution >= 4 is 29.1 Å². The van der Waals surface area contributed by atoms with Crippen LogP contribution in [-0.2, 0) is 9.59 Å². The van der Waals surface area contributed by atoms with Crippen molar-refractivity contribution in [3.8, 4) is 0 Å². The Morgan fingerprint density at radius 2 is 2.00 bits per heavy atom. The highest BCUT2D eigenvalue weighted by Gasteiger charge is 2.12. The molecule has 0 saturated carbocycles. The maximum absolute atomic E-state index is 11.7. The number of rotatable bonds is 5. The fourth-order valence-corrected chi connectivity index (χ4v) is 1.64. The molecule has 1 aromatic carbocycles. The molecule has 2 amide bonds. The molecule has 0 fully saturated rings. The maximum Gasteiger partial charge on any atom is 0.244 e. The average Bonchev–Trinajstić information content (AvgIpc) is 2.32. The number of para-hydroxylation sites is 1. The summed E-state index contributed by atoms with van der Waals surface area (Å²) in [5.41, 5.74) is 0.556. The minimum Gasteiger partial charge on any atom is -0.336 e. The molecule has 0 saturated heterocycles. The molecule has 0 bridgehead atoms. The predicted molar refractivity (Wildman–Crippen MR) is 72.6 cm³/mol. The molecule has 0 radical (unpaired) electrons. The van der Waals surface area contributed by atoms with Crippen molar-refractivity contribution in [2.45, 2.75) is 19.8 Å². The van der Waals surface area contributed by atoms with Gasteiger partial charge in [-0.15, -0.1) is 0 Å². The van der Waals surface area contributed by atoms with E-state index in [2.05, 4.69) is 5.32 Å². The summed E-state index contributed by atoms with van der Waals surface area (Å²) in [6.07, 6.45) is 1.23. The van der Waals surface area contributed by atoms with Crippen molar-refractivity contribution in [3.05, 3.63) is 29.3 Å². The van der Waals surface area contributed by atoms with E-state index in [1.165, 1.54) is 4.90 Å². The third kappa shape index (κ3) is 4.37. The highest BCUT2D eigenvalue weighted by atomic mass is 35.5. The van der Waals surface area contributed by atoms with Crippen LogP contribution < -0.4 is 5.32 Å². The molecule has 5 heteroatoms. The number of halogens is 1. The van der Waals surface area contributed by atoms with Gasteiger partial charge in [0.15, 0.2) is 0 Å². The van der Waals surface area contributed by atoms with E-state index in [1.807, 2.05) is 6.92 Å². The Labute approximate surface area is 112 Å². The Hall–Kier alpha value is -1.55. The summed E-state index contributed by atoms with van der Waals surface area (Å²) in [6, 6.07) is 6.99. The molecule has 0 aliphatic heterocycles. The molecule has 0 atom stereocenters. The first-order valence-electron chi connectivity index (χ1n) is 5.83. The summed E-state index contributed by atoms with van der Waals surface area (Å²) >= 11 is 5.92. The van der Waals surface area contributed by atoms with Gasteiger partial charge in [0, 0.05) is 13.5 Å². The third-order valence-electron chi connectivity index (χ3n) is 2.42. The van der Waals surface area contributed by atoms with E-state index < -0.39 is 0 Å². The summed E-state index contributed by atoms with van der Waals surface area (Å²) in [4.78, 5) is 24.7. The molecular formula is C13H17ClN2O2. The lowest BCUT2D eigenvalue weighted by molar-refractivity contribution is -0.133. The van der Waals surface area contributed by atoms with Crippen molar-refractivity contribution in [3.63, 3.8) is 0 Å². The number of anilines is 1. The molecule has 0 heterocycles. The number of carbonyl (C=O) groups excluding carboxylic acids is 2. The van der Waals surface area contributed by atoms with Crippen molar-refractivity contribution in [2.24, 2.45) is 0 Å². The zero-order valence-electron chi connectivity index (χ0n) is 10.6. The van der Waals surface area contributed by atoms with Gasteiger partial charge in [0.2, 0.25) is 11.8 Å².